The van der Waals surface area contributed by atoms with Gasteiger partial charge < -0.3 is 9.47 Å². The minimum Gasteiger partial charge on any atom is -0.467 e. The van der Waals surface area contributed by atoms with Gasteiger partial charge in [0.05, 0.1) is 14.2 Å². The highest BCUT2D eigenvalue weighted by Gasteiger charge is 2.47. The molecule has 18 heavy (non-hydrogen) atoms. The second-order valence-corrected chi connectivity index (χ2v) is 3.70. The Morgan fingerprint density at radius 2 is 1.67 bits per heavy atom. The molecule has 0 atom stereocenters. The molecule has 4 nitrogen and oxygen atoms in total. The lowest BCUT2D eigenvalue weighted by Gasteiger charge is -2.22. The third kappa shape index (κ3) is 2.51. The maximum absolute atomic E-state index is 11.8. The number of ether oxygens (including phenoxy) is 2. The second kappa shape index (κ2) is 5.87. The molecule has 4 heteroatoms. The fourth-order valence-corrected chi connectivity index (χ4v) is 1.65. The van der Waals surface area contributed by atoms with Gasteiger partial charge in [-0.1, -0.05) is 36.3 Å². The summed E-state index contributed by atoms with van der Waals surface area (Å²) >= 11 is 0. The minimum atomic E-state index is -1.73. The predicted molar refractivity (Wildman–Crippen MR) is 65.4 cm³/mol. The van der Waals surface area contributed by atoms with Crippen LogP contribution in [0, 0.1) is 17.8 Å². The van der Waals surface area contributed by atoms with Crippen molar-refractivity contribution in [1.29, 1.82) is 0 Å². The summed E-state index contributed by atoms with van der Waals surface area (Å²) in [5.41, 5.74) is -0.976. The van der Waals surface area contributed by atoms with Gasteiger partial charge in [-0.25, -0.2) is 9.59 Å². The Bertz CT molecular complexity index is 454. The molecule has 1 rings (SSSR count). The predicted octanol–water partition coefficient (Wildman–Crippen LogP) is 1.19. The zero-order valence-electron chi connectivity index (χ0n) is 10.3. The maximum Gasteiger partial charge on any atom is 0.335 e. The highest BCUT2D eigenvalue weighted by Crippen LogP contribution is 2.26. The summed E-state index contributed by atoms with van der Waals surface area (Å²) in [6, 6.07) is 8.98. The Kier molecular flexibility index (Phi) is 4.50. The number of terminal acetylenes is 1. The molecule has 0 radical (unpaired) electrons. The van der Waals surface area contributed by atoms with Gasteiger partial charge in [0.1, 0.15) is 0 Å². The minimum absolute atomic E-state index is 0.0453. The van der Waals surface area contributed by atoms with Crippen molar-refractivity contribution in [1.82, 2.24) is 0 Å². The summed E-state index contributed by atoms with van der Waals surface area (Å²) in [5.74, 6) is 0.634. The third-order valence-electron chi connectivity index (χ3n) is 2.63. The van der Waals surface area contributed by atoms with Gasteiger partial charge in [0.2, 0.25) is 5.41 Å². The van der Waals surface area contributed by atoms with Crippen LogP contribution in [0.2, 0.25) is 0 Å². The Labute approximate surface area is 106 Å². The van der Waals surface area contributed by atoms with Crippen molar-refractivity contribution in [2.24, 2.45) is 5.41 Å². The molecule has 0 saturated heterocycles. The van der Waals surface area contributed by atoms with Crippen LogP contribution in [0.4, 0.5) is 0 Å². The zero-order valence-corrected chi connectivity index (χ0v) is 10.3. The smallest absolute Gasteiger partial charge is 0.335 e. The highest BCUT2D eigenvalue weighted by atomic mass is 16.5. The van der Waals surface area contributed by atoms with E-state index >= 15 is 0 Å². The van der Waals surface area contributed by atoms with Crippen molar-refractivity contribution in [2.75, 3.05) is 14.2 Å². The summed E-state index contributed by atoms with van der Waals surface area (Å²) in [6.45, 7) is 0. The first kappa shape index (κ1) is 13.8. The molecule has 0 N–H and O–H groups in total. The van der Waals surface area contributed by atoms with E-state index in [1.165, 1.54) is 14.2 Å². The Hall–Kier alpha value is -2.28. The van der Waals surface area contributed by atoms with E-state index in [1.807, 2.05) is 6.07 Å². The van der Waals surface area contributed by atoms with E-state index in [0.29, 0.717) is 0 Å². The molecule has 0 aromatic heterocycles. The number of hydrogen-bond donors (Lipinski definition) is 0. The van der Waals surface area contributed by atoms with Crippen LogP contribution < -0.4 is 0 Å². The van der Waals surface area contributed by atoms with E-state index in [1.54, 1.807) is 24.3 Å². The molecule has 0 aliphatic rings. The zero-order chi connectivity index (χ0) is 13.6. The molecule has 1 aromatic rings. The van der Waals surface area contributed by atoms with Crippen LogP contribution in [0.5, 0.6) is 0 Å². The molecular formula is C14H14O4. The first-order valence-electron chi connectivity index (χ1n) is 5.29. The van der Waals surface area contributed by atoms with Gasteiger partial charge in [-0.2, -0.15) is 0 Å². The number of carbonyl (C=O) groups is 2. The number of methoxy groups -OCH3 is 2. The summed E-state index contributed by atoms with van der Waals surface area (Å²) < 4.78 is 9.24. The molecule has 1 aromatic carbocycles. The van der Waals surface area contributed by atoms with Crippen LogP contribution in [0.25, 0.3) is 0 Å². The van der Waals surface area contributed by atoms with Crippen molar-refractivity contribution in [3.8, 4) is 12.3 Å². The molecule has 0 heterocycles. The largest absolute Gasteiger partial charge is 0.467 e. The fourth-order valence-electron chi connectivity index (χ4n) is 1.65. The molecule has 0 unspecified atom stereocenters. The molecule has 0 aliphatic carbocycles. The first-order chi connectivity index (χ1) is 8.60. The number of benzene rings is 1. The maximum atomic E-state index is 11.8. The van der Waals surface area contributed by atoms with E-state index in [4.69, 9.17) is 6.42 Å². The molecule has 0 spiro atoms. The van der Waals surface area contributed by atoms with Crippen LogP contribution in [0.15, 0.2) is 30.3 Å². The SMILES string of the molecule is C#CC(Cc1ccccc1)(C(=O)OC)C(=O)OC. The van der Waals surface area contributed by atoms with Crippen LogP contribution in [0.3, 0.4) is 0 Å². The summed E-state index contributed by atoms with van der Waals surface area (Å²) in [7, 11) is 2.37. The van der Waals surface area contributed by atoms with Gasteiger partial charge in [0.25, 0.3) is 0 Å². The second-order valence-electron chi connectivity index (χ2n) is 3.70. The van der Waals surface area contributed by atoms with Crippen LogP contribution in [-0.4, -0.2) is 26.2 Å². The van der Waals surface area contributed by atoms with E-state index in [0.717, 1.165) is 5.56 Å². The van der Waals surface area contributed by atoms with Crippen molar-refractivity contribution in [3.05, 3.63) is 35.9 Å². The van der Waals surface area contributed by atoms with Gasteiger partial charge in [-0.3, -0.25) is 0 Å². The van der Waals surface area contributed by atoms with Crippen LogP contribution in [0.1, 0.15) is 5.56 Å². The monoisotopic (exact) mass is 246 g/mol. The number of carbonyl (C=O) groups excluding carboxylic acids is 2. The van der Waals surface area contributed by atoms with Crippen molar-refractivity contribution >= 4 is 11.9 Å². The molecule has 0 aliphatic heterocycles. The standard InChI is InChI=1S/C14H14O4/c1-4-14(12(15)17-2,13(16)18-3)10-11-8-6-5-7-9-11/h1,5-9H,10H2,2-3H3. The molecule has 94 valence electrons. The summed E-state index contributed by atoms with van der Waals surface area (Å²) in [4.78, 5) is 23.6. The van der Waals surface area contributed by atoms with E-state index in [-0.39, 0.29) is 6.42 Å². The quantitative estimate of drug-likeness (QED) is 0.455. The molecular weight excluding hydrogens is 232 g/mol. The molecule has 0 saturated carbocycles. The van der Waals surface area contributed by atoms with Crippen molar-refractivity contribution in [3.63, 3.8) is 0 Å². The number of rotatable bonds is 4. The normalized spacial score (nSPS) is 10.3. The fraction of sp³-hybridized carbons (Fsp3) is 0.286. The average Bonchev–Trinajstić information content (AvgIpc) is 2.44. The Morgan fingerprint density at radius 3 is 2.06 bits per heavy atom. The van der Waals surface area contributed by atoms with Gasteiger partial charge >= 0.3 is 11.9 Å². The lowest BCUT2D eigenvalue weighted by Crippen LogP contribution is -2.42. The number of esters is 2. The Morgan fingerprint density at radius 1 is 1.17 bits per heavy atom. The van der Waals surface area contributed by atoms with Gasteiger partial charge in [-0.15, -0.1) is 6.42 Å². The van der Waals surface area contributed by atoms with Crippen LogP contribution in [-0.2, 0) is 25.5 Å². The lowest BCUT2D eigenvalue weighted by molar-refractivity contribution is -0.164. The third-order valence-corrected chi connectivity index (χ3v) is 2.63. The molecule has 0 amide bonds. The van der Waals surface area contributed by atoms with Gasteiger partial charge in [0.15, 0.2) is 0 Å². The topological polar surface area (TPSA) is 52.6 Å². The number of hydrogen-bond acceptors (Lipinski definition) is 4. The van der Waals surface area contributed by atoms with Gasteiger partial charge in [-0.05, 0) is 5.56 Å². The lowest BCUT2D eigenvalue weighted by atomic mass is 9.82. The Balaban J connectivity index is 3.17. The van der Waals surface area contributed by atoms with Crippen LogP contribution >= 0.6 is 0 Å². The summed E-state index contributed by atoms with van der Waals surface area (Å²) in [5, 5.41) is 0. The average molecular weight is 246 g/mol. The van der Waals surface area contributed by atoms with E-state index in [9.17, 15) is 9.59 Å². The van der Waals surface area contributed by atoms with E-state index < -0.39 is 17.4 Å². The highest BCUT2D eigenvalue weighted by molar-refractivity contribution is 6.03. The van der Waals surface area contributed by atoms with Crippen molar-refractivity contribution < 1.29 is 19.1 Å². The van der Waals surface area contributed by atoms with E-state index in [2.05, 4.69) is 15.4 Å². The summed E-state index contributed by atoms with van der Waals surface area (Å²) in [6.07, 6.45) is 5.40. The van der Waals surface area contributed by atoms with Crippen molar-refractivity contribution in [2.45, 2.75) is 6.42 Å². The first-order valence-corrected chi connectivity index (χ1v) is 5.29. The molecule has 0 fully saturated rings. The van der Waals surface area contributed by atoms with Gasteiger partial charge in [0, 0.05) is 6.42 Å². The molecule has 0 bridgehead atoms.